The Bertz CT molecular complexity index is 433. The molecule has 1 fully saturated rings. The lowest BCUT2D eigenvalue weighted by Crippen LogP contribution is -2.37. The van der Waals surface area contributed by atoms with Crippen LogP contribution in [0.4, 0.5) is 0 Å². The highest BCUT2D eigenvalue weighted by Crippen LogP contribution is 2.25. The van der Waals surface area contributed by atoms with Crippen molar-refractivity contribution >= 4 is 29.9 Å². The molecule has 4 nitrogen and oxygen atoms in total. The number of aliphatic imine (C=N–C) groups is 1. The largest absolute Gasteiger partial charge is 0.494 e. The highest BCUT2D eigenvalue weighted by molar-refractivity contribution is 14.0. The molecule has 0 aromatic heterocycles. The maximum Gasteiger partial charge on any atom is 0.188 e. The average Bonchev–Trinajstić information content (AvgIpc) is 2.35. The van der Waals surface area contributed by atoms with E-state index >= 15 is 0 Å². The van der Waals surface area contributed by atoms with Gasteiger partial charge < -0.3 is 15.8 Å². The second-order valence-corrected chi connectivity index (χ2v) is 4.96. The zero-order valence-electron chi connectivity index (χ0n) is 12.0. The van der Waals surface area contributed by atoms with Crippen molar-refractivity contribution < 1.29 is 4.74 Å². The van der Waals surface area contributed by atoms with Crippen molar-refractivity contribution in [1.29, 1.82) is 0 Å². The number of halogens is 1. The Labute approximate surface area is 138 Å². The van der Waals surface area contributed by atoms with Crippen LogP contribution in [0.2, 0.25) is 0 Å². The van der Waals surface area contributed by atoms with E-state index in [1.54, 1.807) is 0 Å². The zero-order valence-corrected chi connectivity index (χ0v) is 14.3. The molecule has 0 unspecified atom stereocenters. The van der Waals surface area contributed by atoms with Gasteiger partial charge in [-0.15, -0.1) is 24.0 Å². The van der Waals surface area contributed by atoms with E-state index in [-0.39, 0.29) is 24.0 Å². The van der Waals surface area contributed by atoms with Crippen molar-refractivity contribution in [3.05, 3.63) is 29.8 Å². The number of hydrogen-bond acceptors (Lipinski definition) is 2. The van der Waals surface area contributed by atoms with Crippen LogP contribution in [0, 0.1) is 5.92 Å². The van der Waals surface area contributed by atoms with Gasteiger partial charge >= 0.3 is 0 Å². The number of nitrogens with one attached hydrogen (secondary N) is 1. The lowest BCUT2D eigenvalue weighted by molar-refractivity contribution is 0.315. The standard InChI is InChI=1S/C15H23N3O.HI/c1-2-19-14-8-4-7-13(9-14)11-18-15(16)17-10-12-5-3-6-12;/h4,7-9,12H,2-3,5-6,10-11H2,1H3,(H3,16,17,18);1H. The Morgan fingerprint density at radius 1 is 1.45 bits per heavy atom. The van der Waals surface area contributed by atoms with Crippen molar-refractivity contribution in [2.75, 3.05) is 13.2 Å². The number of hydrogen-bond donors (Lipinski definition) is 2. The second kappa shape index (κ2) is 9.05. The van der Waals surface area contributed by atoms with Crippen LogP contribution in [0.15, 0.2) is 29.3 Å². The molecule has 0 amide bonds. The summed E-state index contributed by atoms with van der Waals surface area (Å²) >= 11 is 0. The van der Waals surface area contributed by atoms with Gasteiger partial charge in [-0.2, -0.15) is 0 Å². The monoisotopic (exact) mass is 389 g/mol. The van der Waals surface area contributed by atoms with Gasteiger partial charge in [0.05, 0.1) is 13.2 Å². The molecule has 0 bridgehead atoms. The van der Waals surface area contributed by atoms with Crippen molar-refractivity contribution in [1.82, 2.24) is 5.32 Å². The number of nitrogens with zero attached hydrogens (tertiary/aromatic N) is 1. The molecular weight excluding hydrogens is 365 g/mol. The van der Waals surface area contributed by atoms with Gasteiger partial charge in [0, 0.05) is 6.54 Å². The van der Waals surface area contributed by atoms with E-state index < -0.39 is 0 Å². The van der Waals surface area contributed by atoms with Crippen LogP contribution in [-0.4, -0.2) is 19.1 Å². The summed E-state index contributed by atoms with van der Waals surface area (Å²) in [4.78, 5) is 4.35. The fraction of sp³-hybridized carbons (Fsp3) is 0.533. The number of rotatable bonds is 6. The van der Waals surface area contributed by atoms with Crippen molar-refractivity contribution in [2.45, 2.75) is 32.7 Å². The van der Waals surface area contributed by atoms with E-state index in [0.717, 1.165) is 23.8 Å². The Balaban J connectivity index is 0.00000200. The van der Waals surface area contributed by atoms with Crippen LogP contribution in [0.1, 0.15) is 31.7 Å². The second-order valence-electron chi connectivity index (χ2n) is 4.96. The van der Waals surface area contributed by atoms with E-state index in [0.29, 0.717) is 19.1 Å². The van der Waals surface area contributed by atoms with E-state index in [9.17, 15) is 0 Å². The molecule has 1 saturated carbocycles. The first-order valence-corrected chi connectivity index (χ1v) is 7.03. The number of guanidine groups is 1. The fourth-order valence-corrected chi connectivity index (χ4v) is 2.08. The quantitative estimate of drug-likeness (QED) is 0.447. The van der Waals surface area contributed by atoms with Gasteiger partial charge in [-0.1, -0.05) is 18.6 Å². The highest BCUT2D eigenvalue weighted by Gasteiger charge is 2.16. The first-order valence-electron chi connectivity index (χ1n) is 7.03. The maximum atomic E-state index is 5.85. The molecule has 1 aromatic carbocycles. The summed E-state index contributed by atoms with van der Waals surface area (Å²) < 4.78 is 5.46. The summed E-state index contributed by atoms with van der Waals surface area (Å²) in [7, 11) is 0. The van der Waals surface area contributed by atoms with E-state index in [1.165, 1.54) is 19.3 Å². The topological polar surface area (TPSA) is 59.6 Å². The number of ether oxygens (including phenoxy) is 1. The third-order valence-corrected chi connectivity index (χ3v) is 3.44. The Kier molecular flexibility index (Phi) is 7.72. The summed E-state index contributed by atoms with van der Waals surface area (Å²) in [5.74, 6) is 2.21. The smallest absolute Gasteiger partial charge is 0.188 e. The van der Waals surface area contributed by atoms with Gasteiger partial charge in [0.1, 0.15) is 5.75 Å². The molecule has 20 heavy (non-hydrogen) atoms. The molecule has 1 aliphatic carbocycles. The fourth-order valence-electron chi connectivity index (χ4n) is 2.08. The van der Waals surface area contributed by atoms with Gasteiger partial charge in [-0.3, -0.25) is 0 Å². The van der Waals surface area contributed by atoms with Crippen LogP contribution in [0.25, 0.3) is 0 Å². The van der Waals surface area contributed by atoms with Crippen LogP contribution in [0.5, 0.6) is 5.75 Å². The Morgan fingerprint density at radius 2 is 2.25 bits per heavy atom. The van der Waals surface area contributed by atoms with Crippen LogP contribution in [-0.2, 0) is 6.54 Å². The average molecular weight is 389 g/mol. The molecule has 0 spiro atoms. The van der Waals surface area contributed by atoms with Gasteiger partial charge in [0.15, 0.2) is 5.96 Å². The summed E-state index contributed by atoms with van der Waals surface area (Å²) in [5.41, 5.74) is 6.96. The normalized spacial score (nSPS) is 15.2. The van der Waals surface area contributed by atoms with Crippen molar-refractivity contribution in [2.24, 2.45) is 16.6 Å². The molecule has 112 valence electrons. The molecule has 0 aliphatic heterocycles. The van der Waals surface area contributed by atoms with Crippen LogP contribution in [0.3, 0.4) is 0 Å². The van der Waals surface area contributed by atoms with Crippen molar-refractivity contribution in [3.63, 3.8) is 0 Å². The molecule has 0 radical (unpaired) electrons. The lowest BCUT2D eigenvalue weighted by Gasteiger charge is -2.25. The predicted molar refractivity (Wildman–Crippen MR) is 93.7 cm³/mol. The summed E-state index contributed by atoms with van der Waals surface area (Å²) in [6, 6.07) is 7.97. The van der Waals surface area contributed by atoms with Crippen LogP contribution >= 0.6 is 24.0 Å². The Hall–Kier alpha value is -0.980. The Morgan fingerprint density at radius 3 is 2.90 bits per heavy atom. The third kappa shape index (κ3) is 5.56. The minimum atomic E-state index is 0. The van der Waals surface area contributed by atoms with Gasteiger partial charge in [0.25, 0.3) is 0 Å². The summed E-state index contributed by atoms with van der Waals surface area (Å²) in [5, 5.41) is 3.19. The summed E-state index contributed by atoms with van der Waals surface area (Å²) in [6.07, 6.45) is 3.99. The molecule has 0 saturated heterocycles. The minimum absolute atomic E-state index is 0. The van der Waals surface area contributed by atoms with Crippen molar-refractivity contribution in [3.8, 4) is 5.75 Å². The molecule has 2 rings (SSSR count). The van der Waals surface area contributed by atoms with Gasteiger partial charge in [-0.05, 0) is 43.4 Å². The molecule has 1 aliphatic rings. The summed E-state index contributed by atoms with van der Waals surface area (Å²) in [6.45, 7) is 4.20. The molecule has 3 N–H and O–H groups in total. The number of benzene rings is 1. The molecule has 1 aromatic rings. The first kappa shape index (κ1) is 17.1. The SMILES string of the molecule is CCOc1cccc(CN=C(N)NCC2CCC2)c1.I. The van der Waals surface area contributed by atoms with Gasteiger partial charge in [0.2, 0.25) is 0 Å². The van der Waals surface area contributed by atoms with E-state index in [2.05, 4.69) is 10.3 Å². The van der Waals surface area contributed by atoms with Gasteiger partial charge in [-0.25, -0.2) is 4.99 Å². The van der Waals surface area contributed by atoms with Crippen LogP contribution < -0.4 is 15.8 Å². The maximum absolute atomic E-state index is 5.85. The van der Waals surface area contributed by atoms with E-state index in [4.69, 9.17) is 10.5 Å². The number of nitrogens with two attached hydrogens (primary N) is 1. The zero-order chi connectivity index (χ0) is 13.5. The lowest BCUT2D eigenvalue weighted by atomic mass is 9.85. The third-order valence-electron chi connectivity index (χ3n) is 3.44. The minimum Gasteiger partial charge on any atom is -0.494 e. The highest BCUT2D eigenvalue weighted by atomic mass is 127. The molecule has 0 atom stereocenters. The molecule has 5 heteroatoms. The molecular formula is C15H24IN3O. The van der Waals surface area contributed by atoms with E-state index in [1.807, 2.05) is 31.2 Å². The predicted octanol–water partition coefficient (Wildman–Crippen LogP) is 2.91. The molecule has 0 heterocycles. The first-order chi connectivity index (χ1) is 9.28.